The van der Waals surface area contributed by atoms with E-state index in [0.29, 0.717) is 19.6 Å². The second kappa shape index (κ2) is 8.18. The van der Waals surface area contributed by atoms with E-state index in [9.17, 15) is 4.79 Å². The number of benzene rings is 1. The monoisotopic (exact) mass is 305 g/mol. The summed E-state index contributed by atoms with van der Waals surface area (Å²) in [5.41, 5.74) is 10.2. The number of unbranched alkanes of at least 4 members (excludes halogenated alkanes) is 1. The summed E-state index contributed by atoms with van der Waals surface area (Å²) in [5.74, 6) is 0.841. The lowest BCUT2D eigenvalue weighted by atomic mass is 9.98. The number of hydrogen-bond donors (Lipinski definition) is 1. The third-order valence-corrected chi connectivity index (χ3v) is 4.05. The molecule has 0 spiro atoms. The molecule has 22 heavy (non-hydrogen) atoms. The molecule has 1 aliphatic carbocycles. The number of nitrogens with two attached hydrogens (primary N) is 1. The molecule has 4 heteroatoms. The van der Waals surface area contributed by atoms with Crippen LogP contribution in [0.5, 0.6) is 5.75 Å². The molecule has 122 valence electrons. The number of rotatable bonds is 8. The van der Waals surface area contributed by atoms with Gasteiger partial charge in [0.05, 0.1) is 13.2 Å². The van der Waals surface area contributed by atoms with Crippen LogP contribution in [0.3, 0.4) is 0 Å². The standard InChI is InChI=1S/C18H27NO3/c1-3-21-16-10-13(7-5-6-8-18(20)22-4-2)17-12-15(19)9-14(17)11-16/h10-11,15H,3-9,12,19H2,1-2H3. The largest absolute Gasteiger partial charge is 0.494 e. The van der Waals surface area contributed by atoms with Gasteiger partial charge in [-0.3, -0.25) is 4.79 Å². The van der Waals surface area contributed by atoms with Crippen molar-refractivity contribution in [1.29, 1.82) is 0 Å². The first-order valence-electron chi connectivity index (χ1n) is 8.32. The zero-order valence-electron chi connectivity index (χ0n) is 13.7. The van der Waals surface area contributed by atoms with Crippen LogP contribution in [-0.2, 0) is 28.8 Å². The molecule has 4 nitrogen and oxygen atoms in total. The molecule has 0 saturated heterocycles. The van der Waals surface area contributed by atoms with Gasteiger partial charge < -0.3 is 15.2 Å². The van der Waals surface area contributed by atoms with Crippen LogP contribution in [0.15, 0.2) is 12.1 Å². The highest BCUT2D eigenvalue weighted by atomic mass is 16.5. The molecular weight excluding hydrogens is 278 g/mol. The summed E-state index contributed by atoms with van der Waals surface area (Å²) in [6, 6.07) is 4.50. The van der Waals surface area contributed by atoms with Gasteiger partial charge in [-0.05, 0) is 74.8 Å². The van der Waals surface area contributed by atoms with Crippen LogP contribution in [0.2, 0.25) is 0 Å². The van der Waals surface area contributed by atoms with Crippen molar-refractivity contribution in [3.8, 4) is 5.75 Å². The lowest BCUT2D eigenvalue weighted by Crippen LogP contribution is -2.19. The first-order valence-corrected chi connectivity index (χ1v) is 8.32. The molecule has 1 atom stereocenters. The van der Waals surface area contributed by atoms with Gasteiger partial charge in [0, 0.05) is 12.5 Å². The Labute approximate surface area is 133 Å². The van der Waals surface area contributed by atoms with Crippen LogP contribution in [-0.4, -0.2) is 25.2 Å². The smallest absolute Gasteiger partial charge is 0.305 e. The fraction of sp³-hybridized carbons (Fsp3) is 0.611. The molecule has 0 bridgehead atoms. The van der Waals surface area contributed by atoms with E-state index in [0.717, 1.165) is 37.9 Å². The van der Waals surface area contributed by atoms with Gasteiger partial charge in [0.25, 0.3) is 0 Å². The summed E-state index contributed by atoms with van der Waals surface area (Å²) in [6.45, 7) is 4.97. The van der Waals surface area contributed by atoms with E-state index in [4.69, 9.17) is 15.2 Å². The highest BCUT2D eigenvalue weighted by Crippen LogP contribution is 2.31. The molecule has 1 aromatic rings. The number of hydrogen-bond acceptors (Lipinski definition) is 4. The van der Waals surface area contributed by atoms with Crippen molar-refractivity contribution < 1.29 is 14.3 Å². The molecule has 0 aliphatic heterocycles. The zero-order chi connectivity index (χ0) is 15.9. The molecular formula is C18H27NO3. The highest BCUT2D eigenvalue weighted by Gasteiger charge is 2.22. The van der Waals surface area contributed by atoms with Crippen molar-refractivity contribution in [2.24, 2.45) is 5.73 Å². The number of carbonyl (C=O) groups excluding carboxylic acids is 1. The van der Waals surface area contributed by atoms with Crippen LogP contribution >= 0.6 is 0 Å². The van der Waals surface area contributed by atoms with E-state index < -0.39 is 0 Å². The highest BCUT2D eigenvalue weighted by molar-refractivity contribution is 5.69. The summed E-state index contributed by atoms with van der Waals surface area (Å²) in [4.78, 5) is 11.4. The average molecular weight is 305 g/mol. The van der Waals surface area contributed by atoms with Crippen molar-refractivity contribution in [3.63, 3.8) is 0 Å². The van der Waals surface area contributed by atoms with Crippen LogP contribution in [0.1, 0.15) is 49.8 Å². The normalized spacial score (nSPS) is 16.4. The van der Waals surface area contributed by atoms with Gasteiger partial charge in [-0.2, -0.15) is 0 Å². The van der Waals surface area contributed by atoms with Crippen molar-refractivity contribution >= 4 is 5.97 Å². The topological polar surface area (TPSA) is 61.5 Å². The third-order valence-electron chi connectivity index (χ3n) is 4.05. The summed E-state index contributed by atoms with van der Waals surface area (Å²) in [6.07, 6.45) is 5.20. The lowest BCUT2D eigenvalue weighted by molar-refractivity contribution is -0.143. The minimum atomic E-state index is -0.0992. The van der Waals surface area contributed by atoms with E-state index in [1.165, 1.54) is 16.7 Å². The van der Waals surface area contributed by atoms with Crippen LogP contribution in [0.4, 0.5) is 0 Å². The maximum atomic E-state index is 11.4. The molecule has 0 saturated carbocycles. The predicted octanol–water partition coefficient (Wildman–Crippen LogP) is 2.79. The van der Waals surface area contributed by atoms with E-state index in [2.05, 4.69) is 12.1 Å². The molecule has 0 aromatic heterocycles. The van der Waals surface area contributed by atoms with Gasteiger partial charge in [0.2, 0.25) is 0 Å². The number of carbonyl (C=O) groups is 1. The number of esters is 1. The Morgan fingerprint density at radius 2 is 2.05 bits per heavy atom. The summed E-state index contributed by atoms with van der Waals surface area (Å²) in [7, 11) is 0. The minimum Gasteiger partial charge on any atom is -0.494 e. The molecule has 2 rings (SSSR count). The third kappa shape index (κ3) is 4.47. The van der Waals surface area contributed by atoms with E-state index in [-0.39, 0.29) is 12.0 Å². The number of ether oxygens (including phenoxy) is 2. The molecule has 1 aromatic carbocycles. The van der Waals surface area contributed by atoms with Crippen molar-refractivity contribution in [3.05, 3.63) is 28.8 Å². The Kier molecular flexibility index (Phi) is 6.25. The second-order valence-corrected chi connectivity index (χ2v) is 5.83. The quantitative estimate of drug-likeness (QED) is 0.592. The Hall–Kier alpha value is -1.55. The lowest BCUT2D eigenvalue weighted by Gasteiger charge is -2.12. The molecule has 0 fully saturated rings. The Balaban J connectivity index is 1.96. The van der Waals surface area contributed by atoms with Crippen molar-refractivity contribution in [2.45, 2.75) is 58.4 Å². The maximum Gasteiger partial charge on any atom is 0.305 e. The maximum absolute atomic E-state index is 11.4. The fourth-order valence-corrected chi connectivity index (χ4v) is 3.12. The molecule has 0 heterocycles. The van der Waals surface area contributed by atoms with Crippen molar-refractivity contribution in [2.75, 3.05) is 13.2 Å². The molecule has 1 aliphatic rings. The first kappa shape index (κ1) is 16.8. The van der Waals surface area contributed by atoms with Crippen molar-refractivity contribution in [1.82, 2.24) is 0 Å². The summed E-state index contributed by atoms with van der Waals surface area (Å²) < 4.78 is 10.6. The van der Waals surface area contributed by atoms with Gasteiger partial charge in [-0.25, -0.2) is 0 Å². The van der Waals surface area contributed by atoms with Gasteiger partial charge >= 0.3 is 5.97 Å². The minimum absolute atomic E-state index is 0.0992. The average Bonchev–Trinajstić information content (AvgIpc) is 2.84. The Morgan fingerprint density at radius 1 is 1.23 bits per heavy atom. The SMILES string of the molecule is CCOC(=O)CCCCc1cc(OCC)cc2c1CC(N)C2. The Morgan fingerprint density at radius 3 is 2.77 bits per heavy atom. The number of aryl methyl sites for hydroxylation is 1. The Bertz CT molecular complexity index is 513. The van der Waals surface area contributed by atoms with Gasteiger partial charge in [-0.1, -0.05) is 0 Å². The van der Waals surface area contributed by atoms with E-state index >= 15 is 0 Å². The van der Waals surface area contributed by atoms with Gasteiger partial charge in [0.1, 0.15) is 5.75 Å². The zero-order valence-corrected chi connectivity index (χ0v) is 13.7. The molecule has 0 radical (unpaired) electrons. The fourth-order valence-electron chi connectivity index (χ4n) is 3.12. The van der Waals surface area contributed by atoms with Crippen LogP contribution < -0.4 is 10.5 Å². The van der Waals surface area contributed by atoms with E-state index in [1.54, 1.807) is 0 Å². The van der Waals surface area contributed by atoms with Gasteiger partial charge in [0.15, 0.2) is 0 Å². The summed E-state index contributed by atoms with van der Waals surface area (Å²) >= 11 is 0. The second-order valence-electron chi connectivity index (χ2n) is 5.83. The van der Waals surface area contributed by atoms with E-state index in [1.807, 2.05) is 13.8 Å². The predicted molar refractivity (Wildman–Crippen MR) is 87.2 cm³/mol. The van der Waals surface area contributed by atoms with Gasteiger partial charge in [-0.15, -0.1) is 0 Å². The molecule has 1 unspecified atom stereocenters. The number of fused-ring (bicyclic) bond motifs is 1. The molecule has 2 N–H and O–H groups in total. The van der Waals surface area contributed by atoms with Crippen LogP contribution in [0.25, 0.3) is 0 Å². The first-order chi connectivity index (χ1) is 10.6. The summed E-state index contributed by atoms with van der Waals surface area (Å²) in [5, 5.41) is 0. The molecule has 0 amide bonds. The van der Waals surface area contributed by atoms with Crippen LogP contribution in [0, 0.1) is 0 Å².